The maximum Gasteiger partial charge on any atom is 0.408 e. The fourth-order valence-electron chi connectivity index (χ4n) is 3.21. The molecule has 0 bridgehead atoms. The standard InChI is InChI=1S/C25H36N4O5/c1-8-13-29(23(32)19(15-20(26)30)28-24(33)34-25(5,6)7)21(22(31)27-16(3)4)18-12-10-11-17(9-2)14-18/h8-12,14,16,19,21H,1-2,13,15H2,3-7H3,(H2,26,30)(H,27,31)(H,28,33). The van der Waals surface area contributed by atoms with Gasteiger partial charge in [-0.15, -0.1) is 6.58 Å². The molecule has 2 unspecified atom stereocenters. The average molecular weight is 473 g/mol. The zero-order valence-electron chi connectivity index (χ0n) is 20.6. The molecular weight excluding hydrogens is 436 g/mol. The van der Waals surface area contributed by atoms with Gasteiger partial charge in [-0.05, 0) is 51.8 Å². The van der Waals surface area contributed by atoms with Crippen molar-refractivity contribution in [1.29, 1.82) is 0 Å². The van der Waals surface area contributed by atoms with Crippen molar-refractivity contribution in [3.05, 3.63) is 54.6 Å². The first-order valence-electron chi connectivity index (χ1n) is 11.0. The summed E-state index contributed by atoms with van der Waals surface area (Å²) in [5.74, 6) is -1.91. The van der Waals surface area contributed by atoms with Crippen molar-refractivity contribution in [2.45, 2.75) is 64.8 Å². The molecule has 0 aromatic heterocycles. The average Bonchev–Trinajstić information content (AvgIpc) is 2.70. The van der Waals surface area contributed by atoms with E-state index in [-0.39, 0.29) is 12.6 Å². The lowest BCUT2D eigenvalue weighted by Gasteiger charge is -2.34. The number of ether oxygens (including phenoxy) is 1. The fraction of sp³-hybridized carbons (Fsp3) is 0.440. The van der Waals surface area contributed by atoms with Gasteiger partial charge in [-0.1, -0.05) is 36.9 Å². The maximum atomic E-state index is 13.6. The van der Waals surface area contributed by atoms with Gasteiger partial charge in [-0.2, -0.15) is 0 Å². The van der Waals surface area contributed by atoms with Crippen LogP contribution in [0.15, 0.2) is 43.5 Å². The zero-order valence-corrected chi connectivity index (χ0v) is 20.6. The highest BCUT2D eigenvalue weighted by Gasteiger charge is 2.36. The molecule has 0 fully saturated rings. The van der Waals surface area contributed by atoms with Crippen LogP contribution in [-0.2, 0) is 19.1 Å². The minimum Gasteiger partial charge on any atom is -0.444 e. The van der Waals surface area contributed by atoms with Crippen molar-refractivity contribution in [3.63, 3.8) is 0 Å². The van der Waals surface area contributed by atoms with Gasteiger partial charge in [0.2, 0.25) is 17.7 Å². The smallest absolute Gasteiger partial charge is 0.408 e. The first kappa shape index (κ1) is 28.4. The first-order valence-corrected chi connectivity index (χ1v) is 11.0. The minimum absolute atomic E-state index is 0.0292. The monoisotopic (exact) mass is 472 g/mol. The largest absolute Gasteiger partial charge is 0.444 e. The molecule has 0 heterocycles. The summed E-state index contributed by atoms with van der Waals surface area (Å²) in [5.41, 5.74) is 5.81. The van der Waals surface area contributed by atoms with E-state index in [4.69, 9.17) is 10.5 Å². The van der Waals surface area contributed by atoms with Gasteiger partial charge in [-0.3, -0.25) is 14.4 Å². The van der Waals surface area contributed by atoms with E-state index in [1.165, 1.54) is 11.0 Å². The van der Waals surface area contributed by atoms with E-state index >= 15 is 0 Å². The van der Waals surface area contributed by atoms with Crippen LogP contribution >= 0.6 is 0 Å². The Balaban J connectivity index is 3.48. The van der Waals surface area contributed by atoms with E-state index < -0.39 is 47.9 Å². The van der Waals surface area contributed by atoms with E-state index in [2.05, 4.69) is 23.8 Å². The van der Waals surface area contributed by atoms with Crippen LogP contribution in [0.2, 0.25) is 0 Å². The Kier molecular flexibility index (Phi) is 10.5. The Labute approximate surface area is 201 Å². The number of nitrogens with two attached hydrogens (primary N) is 1. The van der Waals surface area contributed by atoms with Gasteiger partial charge in [0, 0.05) is 12.6 Å². The molecule has 0 radical (unpaired) electrons. The highest BCUT2D eigenvalue weighted by atomic mass is 16.6. The normalized spacial score (nSPS) is 12.8. The molecule has 1 rings (SSSR count). The van der Waals surface area contributed by atoms with Gasteiger partial charge in [-0.25, -0.2) is 4.79 Å². The van der Waals surface area contributed by atoms with Crippen LogP contribution in [-0.4, -0.2) is 52.9 Å². The quantitative estimate of drug-likeness (QED) is 0.426. The van der Waals surface area contributed by atoms with Crippen LogP contribution < -0.4 is 16.4 Å². The van der Waals surface area contributed by atoms with Crippen LogP contribution in [0.5, 0.6) is 0 Å². The highest BCUT2D eigenvalue weighted by Crippen LogP contribution is 2.24. The maximum absolute atomic E-state index is 13.6. The van der Waals surface area contributed by atoms with Crippen LogP contribution in [0, 0.1) is 0 Å². The summed E-state index contributed by atoms with van der Waals surface area (Å²) < 4.78 is 5.23. The number of nitrogens with one attached hydrogen (secondary N) is 2. The number of carbonyl (C=O) groups excluding carboxylic acids is 4. The number of hydrogen-bond donors (Lipinski definition) is 3. The third-order valence-corrected chi connectivity index (χ3v) is 4.46. The number of carbonyl (C=O) groups is 4. The molecule has 0 spiro atoms. The van der Waals surface area contributed by atoms with E-state index in [0.29, 0.717) is 5.56 Å². The topological polar surface area (TPSA) is 131 Å². The molecule has 1 aromatic rings. The Morgan fingerprint density at radius 2 is 1.79 bits per heavy atom. The van der Waals surface area contributed by atoms with E-state index in [0.717, 1.165) is 5.56 Å². The molecule has 2 atom stereocenters. The highest BCUT2D eigenvalue weighted by molar-refractivity contribution is 5.94. The Bertz CT molecular complexity index is 920. The lowest BCUT2D eigenvalue weighted by atomic mass is 9.99. The molecule has 4 N–H and O–H groups in total. The molecule has 186 valence electrons. The first-order chi connectivity index (χ1) is 15.8. The number of rotatable bonds is 11. The molecule has 9 nitrogen and oxygen atoms in total. The summed E-state index contributed by atoms with van der Waals surface area (Å²) >= 11 is 0. The van der Waals surface area contributed by atoms with Crippen LogP contribution in [0.4, 0.5) is 4.79 Å². The number of nitrogens with zero attached hydrogens (tertiary/aromatic N) is 1. The summed E-state index contributed by atoms with van der Waals surface area (Å²) in [6.07, 6.45) is 1.72. The summed E-state index contributed by atoms with van der Waals surface area (Å²) in [6, 6.07) is 4.41. The number of primary amides is 1. The van der Waals surface area contributed by atoms with E-state index in [1.807, 2.05) is 6.07 Å². The lowest BCUT2D eigenvalue weighted by Crippen LogP contribution is -2.54. The zero-order chi connectivity index (χ0) is 26.1. The molecule has 34 heavy (non-hydrogen) atoms. The SMILES string of the molecule is C=CCN(C(=O)C(CC(N)=O)NC(=O)OC(C)(C)C)C(C(=O)NC(C)C)c1cccc(C=C)c1. The van der Waals surface area contributed by atoms with Crippen molar-refractivity contribution in [2.75, 3.05) is 6.54 Å². The van der Waals surface area contributed by atoms with Crippen LogP contribution in [0.1, 0.15) is 58.2 Å². The van der Waals surface area contributed by atoms with Crippen molar-refractivity contribution in [2.24, 2.45) is 5.73 Å². The summed E-state index contributed by atoms with van der Waals surface area (Å²) in [7, 11) is 0. The number of benzene rings is 1. The van der Waals surface area contributed by atoms with Crippen molar-refractivity contribution >= 4 is 29.9 Å². The number of hydrogen-bond acceptors (Lipinski definition) is 5. The molecule has 0 saturated heterocycles. The van der Waals surface area contributed by atoms with Crippen molar-refractivity contribution in [3.8, 4) is 0 Å². The molecule has 9 heteroatoms. The number of alkyl carbamates (subject to hydrolysis) is 1. The third-order valence-electron chi connectivity index (χ3n) is 4.46. The predicted molar refractivity (Wildman–Crippen MR) is 131 cm³/mol. The van der Waals surface area contributed by atoms with Gasteiger partial charge in [0.15, 0.2) is 0 Å². The fourth-order valence-corrected chi connectivity index (χ4v) is 3.21. The summed E-state index contributed by atoms with van der Waals surface area (Å²) in [4.78, 5) is 52.2. The Hall–Kier alpha value is -3.62. The minimum atomic E-state index is -1.34. The molecule has 0 aliphatic carbocycles. The van der Waals surface area contributed by atoms with Crippen LogP contribution in [0.3, 0.4) is 0 Å². The summed E-state index contributed by atoms with van der Waals surface area (Å²) in [6.45, 7) is 16.0. The molecule has 0 aliphatic rings. The molecule has 4 amide bonds. The van der Waals surface area contributed by atoms with E-state index in [1.54, 1.807) is 58.9 Å². The second-order valence-electron chi connectivity index (χ2n) is 9.09. The van der Waals surface area contributed by atoms with Gasteiger partial charge in [0.05, 0.1) is 6.42 Å². The van der Waals surface area contributed by atoms with Crippen LogP contribution in [0.25, 0.3) is 6.08 Å². The van der Waals surface area contributed by atoms with Gasteiger partial charge in [0.1, 0.15) is 17.7 Å². The lowest BCUT2D eigenvalue weighted by molar-refractivity contribution is -0.142. The van der Waals surface area contributed by atoms with Gasteiger partial charge >= 0.3 is 6.09 Å². The van der Waals surface area contributed by atoms with Gasteiger partial charge in [0.25, 0.3) is 0 Å². The summed E-state index contributed by atoms with van der Waals surface area (Å²) in [5, 5.41) is 5.24. The van der Waals surface area contributed by atoms with Crippen molar-refractivity contribution in [1.82, 2.24) is 15.5 Å². The second kappa shape index (κ2) is 12.6. The predicted octanol–water partition coefficient (Wildman–Crippen LogP) is 2.68. The molecule has 1 aromatic carbocycles. The Morgan fingerprint density at radius 1 is 1.15 bits per heavy atom. The molecule has 0 saturated carbocycles. The van der Waals surface area contributed by atoms with Gasteiger partial charge < -0.3 is 26.0 Å². The second-order valence-corrected chi connectivity index (χ2v) is 9.09. The molecule has 0 aliphatic heterocycles. The molecular formula is C25H36N4O5. The number of amides is 4. The third kappa shape index (κ3) is 9.09. The van der Waals surface area contributed by atoms with Crippen molar-refractivity contribution < 1.29 is 23.9 Å². The Morgan fingerprint density at radius 3 is 2.29 bits per heavy atom. The van der Waals surface area contributed by atoms with E-state index in [9.17, 15) is 19.2 Å².